The number of nitrogens with one attached hydrogen (secondary N) is 1. The highest BCUT2D eigenvalue weighted by atomic mass is 16.5. The molecule has 0 spiro atoms. The van der Waals surface area contributed by atoms with Gasteiger partial charge in [-0.1, -0.05) is 37.5 Å². The van der Waals surface area contributed by atoms with E-state index in [0.29, 0.717) is 6.04 Å². The van der Waals surface area contributed by atoms with Gasteiger partial charge in [0.25, 0.3) is 0 Å². The van der Waals surface area contributed by atoms with Gasteiger partial charge in [0, 0.05) is 13.2 Å². The first-order valence-electron chi connectivity index (χ1n) is 7.60. The molecule has 0 aliphatic heterocycles. The predicted octanol–water partition coefficient (Wildman–Crippen LogP) is 3.18. The Balaban J connectivity index is 2.19. The van der Waals surface area contributed by atoms with Gasteiger partial charge in [-0.05, 0) is 37.9 Å². The summed E-state index contributed by atoms with van der Waals surface area (Å²) in [5.41, 5.74) is 1.21. The summed E-state index contributed by atoms with van der Waals surface area (Å²) >= 11 is 0. The summed E-state index contributed by atoms with van der Waals surface area (Å²) in [6, 6.07) is 8.59. The summed E-state index contributed by atoms with van der Waals surface area (Å²) < 4.78 is 11.5. The van der Waals surface area contributed by atoms with E-state index < -0.39 is 0 Å². The number of benzene rings is 1. The Labute approximate surface area is 122 Å². The molecule has 1 aliphatic rings. The summed E-state index contributed by atoms with van der Waals surface area (Å²) in [7, 11) is 5.63. The largest absolute Gasteiger partial charge is 0.496 e. The molecular formula is C17H27NO2. The summed E-state index contributed by atoms with van der Waals surface area (Å²) in [5, 5.41) is 3.48. The fourth-order valence-electron chi connectivity index (χ4n) is 3.49. The van der Waals surface area contributed by atoms with Crippen molar-refractivity contribution in [3.63, 3.8) is 0 Å². The summed E-state index contributed by atoms with van der Waals surface area (Å²) in [6.45, 7) is 0. The van der Waals surface area contributed by atoms with Crippen LogP contribution in [0.2, 0.25) is 0 Å². The van der Waals surface area contributed by atoms with Gasteiger partial charge < -0.3 is 14.8 Å². The molecule has 1 saturated carbocycles. The van der Waals surface area contributed by atoms with Gasteiger partial charge in [0.15, 0.2) is 0 Å². The second kappa shape index (κ2) is 7.09. The van der Waals surface area contributed by atoms with E-state index in [9.17, 15) is 0 Å². The zero-order chi connectivity index (χ0) is 14.4. The molecule has 20 heavy (non-hydrogen) atoms. The van der Waals surface area contributed by atoms with Crippen LogP contribution in [0, 0.1) is 0 Å². The average Bonchev–Trinajstić information content (AvgIpc) is 2.53. The van der Waals surface area contributed by atoms with Gasteiger partial charge in [-0.3, -0.25) is 0 Å². The van der Waals surface area contributed by atoms with Gasteiger partial charge in [0.1, 0.15) is 5.75 Å². The van der Waals surface area contributed by atoms with Crippen LogP contribution in [0.3, 0.4) is 0 Å². The van der Waals surface area contributed by atoms with E-state index in [4.69, 9.17) is 9.47 Å². The molecular weight excluding hydrogens is 250 g/mol. The molecule has 1 unspecified atom stereocenters. The van der Waals surface area contributed by atoms with Gasteiger partial charge in [-0.25, -0.2) is 0 Å². The summed E-state index contributed by atoms with van der Waals surface area (Å²) in [5.74, 6) is 0.967. The number of para-hydroxylation sites is 1. The Morgan fingerprint density at radius 1 is 1.15 bits per heavy atom. The molecule has 1 fully saturated rings. The van der Waals surface area contributed by atoms with Crippen molar-refractivity contribution in [3.05, 3.63) is 29.8 Å². The van der Waals surface area contributed by atoms with Crippen molar-refractivity contribution in [2.75, 3.05) is 21.3 Å². The van der Waals surface area contributed by atoms with Crippen LogP contribution in [0.25, 0.3) is 0 Å². The van der Waals surface area contributed by atoms with E-state index in [0.717, 1.165) is 25.0 Å². The van der Waals surface area contributed by atoms with Crippen LogP contribution in [0.5, 0.6) is 5.75 Å². The summed E-state index contributed by atoms with van der Waals surface area (Å²) in [6.07, 6.45) is 7.08. The molecule has 0 aromatic heterocycles. The molecule has 112 valence electrons. The lowest BCUT2D eigenvalue weighted by molar-refractivity contribution is -0.0657. The molecule has 1 aliphatic carbocycles. The van der Waals surface area contributed by atoms with Crippen molar-refractivity contribution < 1.29 is 9.47 Å². The minimum Gasteiger partial charge on any atom is -0.496 e. The maximum atomic E-state index is 5.97. The second-order valence-electron chi connectivity index (χ2n) is 5.69. The first kappa shape index (κ1) is 15.3. The molecule has 3 heteroatoms. The van der Waals surface area contributed by atoms with Crippen LogP contribution in [0.1, 0.15) is 37.7 Å². The van der Waals surface area contributed by atoms with E-state index in [-0.39, 0.29) is 5.60 Å². The van der Waals surface area contributed by atoms with Crippen LogP contribution in [0.4, 0.5) is 0 Å². The lowest BCUT2D eigenvalue weighted by atomic mass is 9.77. The topological polar surface area (TPSA) is 30.5 Å². The van der Waals surface area contributed by atoms with Crippen molar-refractivity contribution in [2.24, 2.45) is 0 Å². The minimum absolute atomic E-state index is 0.0339. The molecule has 2 rings (SSSR count). The van der Waals surface area contributed by atoms with Crippen molar-refractivity contribution in [1.82, 2.24) is 5.32 Å². The Bertz CT molecular complexity index is 413. The van der Waals surface area contributed by atoms with Crippen LogP contribution >= 0.6 is 0 Å². The molecule has 1 atom stereocenters. The zero-order valence-electron chi connectivity index (χ0n) is 12.9. The van der Waals surface area contributed by atoms with Gasteiger partial charge in [0.05, 0.1) is 12.7 Å². The third-order valence-electron chi connectivity index (χ3n) is 4.71. The quantitative estimate of drug-likeness (QED) is 0.866. The normalized spacial score (nSPS) is 19.6. The Morgan fingerprint density at radius 3 is 2.45 bits per heavy atom. The Morgan fingerprint density at radius 2 is 1.85 bits per heavy atom. The third-order valence-corrected chi connectivity index (χ3v) is 4.71. The highest BCUT2D eigenvalue weighted by molar-refractivity contribution is 5.34. The number of methoxy groups -OCH3 is 2. The fourth-order valence-corrected chi connectivity index (χ4v) is 3.49. The molecule has 0 heterocycles. The van der Waals surface area contributed by atoms with E-state index >= 15 is 0 Å². The zero-order valence-corrected chi connectivity index (χ0v) is 12.9. The van der Waals surface area contributed by atoms with E-state index in [1.54, 1.807) is 7.11 Å². The maximum Gasteiger partial charge on any atom is 0.122 e. The fraction of sp³-hybridized carbons (Fsp3) is 0.647. The lowest BCUT2D eigenvalue weighted by Gasteiger charge is -2.42. The average molecular weight is 277 g/mol. The number of hydrogen-bond acceptors (Lipinski definition) is 3. The standard InChI is InChI=1S/C17H27NO2/c1-18-16(17(20-3)11-7-4-8-12-17)13-14-9-5-6-10-15(14)19-2/h5-6,9-10,16,18H,4,7-8,11-13H2,1-3H3. The van der Waals surface area contributed by atoms with Crippen LogP contribution in [-0.4, -0.2) is 32.9 Å². The molecule has 3 nitrogen and oxygen atoms in total. The lowest BCUT2D eigenvalue weighted by Crippen LogP contribution is -2.53. The molecule has 0 bridgehead atoms. The Hall–Kier alpha value is -1.06. The number of rotatable bonds is 6. The number of likely N-dealkylation sites (N-methyl/N-ethyl adjacent to an activating group) is 1. The maximum absolute atomic E-state index is 5.97. The summed E-state index contributed by atoms with van der Waals surface area (Å²) in [4.78, 5) is 0. The monoisotopic (exact) mass is 277 g/mol. The van der Waals surface area contributed by atoms with Gasteiger partial charge in [-0.2, -0.15) is 0 Å². The first-order chi connectivity index (χ1) is 9.75. The van der Waals surface area contributed by atoms with Crippen molar-refractivity contribution >= 4 is 0 Å². The molecule has 1 N–H and O–H groups in total. The van der Waals surface area contributed by atoms with Crippen molar-refractivity contribution in [1.29, 1.82) is 0 Å². The van der Waals surface area contributed by atoms with Gasteiger partial charge in [-0.15, -0.1) is 0 Å². The van der Waals surface area contributed by atoms with Crippen molar-refractivity contribution in [2.45, 2.75) is 50.2 Å². The third kappa shape index (κ3) is 3.15. The molecule has 0 amide bonds. The highest BCUT2D eigenvalue weighted by Crippen LogP contribution is 2.36. The van der Waals surface area contributed by atoms with E-state index in [1.165, 1.54) is 24.8 Å². The SMILES string of the molecule is CNC(Cc1ccccc1OC)C1(OC)CCCCC1. The van der Waals surface area contributed by atoms with Crippen LogP contribution in [-0.2, 0) is 11.2 Å². The second-order valence-corrected chi connectivity index (χ2v) is 5.69. The molecule has 0 saturated heterocycles. The first-order valence-corrected chi connectivity index (χ1v) is 7.60. The van der Waals surface area contributed by atoms with Gasteiger partial charge >= 0.3 is 0 Å². The Kier molecular flexibility index (Phi) is 5.44. The smallest absolute Gasteiger partial charge is 0.122 e. The highest BCUT2D eigenvalue weighted by Gasteiger charge is 2.39. The molecule has 1 aromatic rings. The van der Waals surface area contributed by atoms with Gasteiger partial charge in [0.2, 0.25) is 0 Å². The number of hydrogen-bond donors (Lipinski definition) is 1. The predicted molar refractivity (Wildman–Crippen MR) is 82.4 cm³/mol. The molecule has 1 aromatic carbocycles. The van der Waals surface area contributed by atoms with Crippen LogP contribution in [0.15, 0.2) is 24.3 Å². The van der Waals surface area contributed by atoms with Crippen LogP contribution < -0.4 is 10.1 Å². The van der Waals surface area contributed by atoms with Crippen molar-refractivity contribution in [3.8, 4) is 5.75 Å². The molecule has 0 radical (unpaired) electrons. The van der Waals surface area contributed by atoms with E-state index in [1.807, 2.05) is 26.3 Å². The minimum atomic E-state index is -0.0339. The number of ether oxygens (including phenoxy) is 2. The van der Waals surface area contributed by atoms with E-state index in [2.05, 4.69) is 17.4 Å².